The minimum Gasteiger partial charge on any atom is -0.465 e. The molecule has 8 heteroatoms. The molecule has 0 bridgehead atoms. The standard InChI is InChI=1S/C25H23ClN2O4S/c1-15(2)16-8-10-21(11-9-16)33(30,31)23(17-4-6-18(7-5-17)25(29)32-3)22-13-19-12-20(26)14-27-24(19)28-22/h4-15,23H,1-3H3,(H,27,28). The summed E-state index contributed by atoms with van der Waals surface area (Å²) in [5.74, 6) is -0.206. The maximum Gasteiger partial charge on any atom is 0.337 e. The van der Waals surface area contributed by atoms with Gasteiger partial charge in [-0.2, -0.15) is 0 Å². The summed E-state index contributed by atoms with van der Waals surface area (Å²) in [5, 5.41) is 0.125. The highest BCUT2D eigenvalue weighted by Crippen LogP contribution is 2.36. The molecule has 0 spiro atoms. The van der Waals surface area contributed by atoms with E-state index in [1.54, 1.807) is 48.5 Å². The van der Waals surface area contributed by atoms with Crippen LogP contribution in [0.25, 0.3) is 11.0 Å². The van der Waals surface area contributed by atoms with Crippen LogP contribution in [0.5, 0.6) is 0 Å². The summed E-state index contributed by atoms with van der Waals surface area (Å²) < 4.78 is 32.5. The minimum atomic E-state index is -3.85. The zero-order valence-corrected chi connectivity index (χ0v) is 19.9. The summed E-state index contributed by atoms with van der Waals surface area (Å²) in [7, 11) is -2.56. The van der Waals surface area contributed by atoms with Gasteiger partial charge in [-0.15, -0.1) is 0 Å². The maximum atomic E-state index is 13.9. The van der Waals surface area contributed by atoms with E-state index in [2.05, 4.69) is 23.8 Å². The fraction of sp³-hybridized carbons (Fsp3) is 0.200. The second kappa shape index (κ2) is 9.00. The molecule has 0 aliphatic carbocycles. The molecule has 170 valence electrons. The molecule has 2 aromatic carbocycles. The number of ether oxygens (including phenoxy) is 1. The van der Waals surface area contributed by atoms with Crippen molar-refractivity contribution in [3.05, 3.63) is 94.3 Å². The van der Waals surface area contributed by atoms with Gasteiger partial charge in [0.2, 0.25) is 0 Å². The fourth-order valence-corrected chi connectivity index (χ4v) is 5.70. The average molecular weight is 483 g/mol. The lowest BCUT2D eigenvalue weighted by Crippen LogP contribution is -2.16. The first-order valence-corrected chi connectivity index (χ1v) is 12.3. The van der Waals surface area contributed by atoms with Crippen LogP contribution in [0.3, 0.4) is 0 Å². The van der Waals surface area contributed by atoms with Gasteiger partial charge >= 0.3 is 5.97 Å². The number of halogens is 1. The predicted octanol–water partition coefficient (Wildman–Crippen LogP) is 5.69. The third kappa shape index (κ3) is 4.51. The van der Waals surface area contributed by atoms with Crippen molar-refractivity contribution in [2.75, 3.05) is 7.11 Å². The number of H-pyrrole nitrogens is 1. The number of methoxy groups -OCH3 is 1. The minimum absolute atomic E-state index is 0.207. The molecule has 1 atom stereocenters. The van der Waals surface area contributed by atoms with Crippen LogP contribution in [0.1, 0.15) is 52.2 Å². The lowest BCUT2D eigenvalue weighted by Gasteiger charge is -2.18. The number of carbonyl (C=O) groups is 1. The zero-order valence-electron chi connectivity index (χ0n) is 18.4. The van der Waals surface area contributed by atoms with Crippen LogP contribution in [0, 0.1) is 0 Å². The fourth-order valence-electron chi connectivity index (χ4n) is 3.77. The molecule has 6 nitrogen and oxygen atoms in total. The molecule has 0 saturated heterocycles. The Morgan fingerprint density at radius 1 is 1.00 bits per heavy atom. The first-order chi connectivity index (χ1) is 15.7. The van der Waals surface area contributed by atoms with E-state index in [1.807, 2.05) is 12.1 Å². The molecule has 33 heavy (non-hydrogen) atoms. The van der Waals surface area contributed by atoms with Gasteiger partial charge in [0, 0.05) is 17.3 Å². The average Bonchev–Trinajstić information content (AvgIpc) is 3.21. The van der Waals surface area contributed by atoms with Gasteiger partial charge in [-0.25, -0.2) is 18.2 Å². The first kappa shape index (κ1) is 23.0. The number of hydrogen-bond acceptors (Lipinski definition) is 5. The Morgan fingerprint density at radius 3 is 2.24 bits per heavy atom. The van der Waals surface area contributed by atoms with E-state index in [9.17, 15) is 13.2 Å². The van der Waals surface area contributed by atoms with Crippen LogP contribution in [0.2, 0.25) is 5.02 Å². The van der Waals surface area contributed by atoms with Crippen LogP contribution in [-0.2, 0) is 14.6 Å². The van der Waals surface area contributed by atoms with E-state index in [0.717, 1.165) is 5.56 Å². The van der Waals surface area contributed by atoms with Crippen LogP contribution >= 0.6 is 11.6 Å². The van der Waals surface area contributed by atoms with Crippen LogP contribution in [0.15, 0.2) is 71.8 Å². The summed E-state index contributed by atoms with van der Waals surface area (Å²) in [4.78, 5) is 19.5. The van der Waals surface area contributed by atoms with Crippen molar-refractivity contribution < 1.29 is 17.9 Å². The summed E-state index contributed by atoms with van der Waals surface area (Å²) in [6.45, 7) is 4.11. The number of benzene rings is 2. The summed E-state index contributed by atoms with van der Waals surface area (Å²) >= 11 is 6.07. The lowest BCUT2D eigenvalue weighted by molar-refractivity contribution is 0.0600. The van der Waals surface area contributed by atoms with E-state index in [-0.39, 0.29) is 10.8 Å². The van der Waals surface area contributed by atoms with Gasteiger partial charge in [0.05, 0.1) is 22.6 Å². The highest BCUT2D eigenvalue weighted by molar-refractivity contribution is 7.91. The first-order valence-electron chi connectivity index (χ1n) is 10.4. The van der Waals surface area contributed by atoms with Crippen molar-refractivity contribution in [2.24, 2.45) is 0 Å². The Labute approximate surface area is 197 Å². The second-order valence-corrected chi connectivity index (χ2v) is 10.5. The van der Waals surface area contributed by atoms with Crippen molar-refractivity contribution in [2.45, 2.75) is 29.9 Å². The van der Waals surface area contributed by atoms with Crippen LogP contribution in [-0.4, -0.2) is 31.5 Å². The Hall–Kier alpha value is -3.16. The quantitative estimate of drug-likeness (QED) is 0.356. The van der Waals surface area contributed by atoms with E-state index < -0.39 is 21.1 Å². The number of hydrogen-bond donors (Lipinski definition) is 1. The maximum absolute atomic E-state index is 13.9. The molecule has 1 unspecified atom stereocenters. The molecular formula is C25H23ClN2O4S. The molecule has 0 fully saturated rings. The lowest BCUT2D eigenvalue weighted by atomic mass is 10.0. The molecule has 4 rings (SSSR count). The molecule has 1 N–H and O–H groups in total. The SMILES string of the molecule is COC(=O)c1ccc(C(c2cc3cc(Cl)cnc3[nH]2)S(=O)(=O)c2ccc(C(C)C)cc2)cc1. The Kier molecular flexibility index (Phi) is 6.28. The van der Waals surface area contributed by atoms with Crippen molar-refractivity contribution in [3.8, 4) is 0 Å². The molecule has 0 saturated carbocycles. The van der Waals surface area contributed by atoms with Gasteiger partial charge in [-0.3, -0.25) is 0 Å². The van der Waals surface area contributed by atoms with Gasteiger partial charge in [0.15, 0.2) is 9.84 Å². The molecule has 0 radical (unpaired) electrons. The van der Waals surface area contributed by atoms with E-state index in [4.69, 9.17) is 16.3 Å². The summed E-state index contributed by atoms with van der Waals surface area (Å²) in [6, 6.07) is 16.8. The van der Waals surface area contributed by atoms with E-state index in [0.29, 0.717) is 32.9 Å². The molecule has 0 aliphatic heterocycles. The highest BCUT2D eigenvalue weighted by Gasteiger charge is 2.32. The number of aromatic nitrogens is 2. The van der Waals surface area contributed by atoms with E-state index in [1.165, 1.54) is 13.3 Å². The van der Waals surface area contributed by atoms with Gasteiger partial charge in [0.25, 0.3) is 0 Å². The largest absolute Gasteiger partial charge is 0.465 e. The number of pyridine rings is 1. The van der Waals surface area contributed by atoms with Gasteiger partial charge in [-0.1, -0.05) is 49.7 Å². The monoisotopic (exact) mass is 482 g/mol. The third-order valence-corrected chi connectivity index (χ3v) is 7.84. The number of nitrogens with one attached hydrogen (secondary N) is 1. The number of fused-ring (bicyclic) bond motifs is 1. The summed E-state index contributed by atoms with van der Waals surface area (Å²) in [6.07, 6.45) is 1.50. The third-order valence-electron chi connectivity index (χ3n) is 5.56. The Morgan fingerprint density at radius 2 is 1.64 bits per heavy atom. The predicted molar refractivity (Wildman–Crippen MR) is 128 cm³/mol. The number of sulfone groups is 1. The van der Waals surface area contributed by atoms with Gasteiger partial charge < -0.3 is 9.72 Å². The molecule has 2 aromatic heterocycles. The van der Waals surface area contributed by atoms with Crippen molar-refractivity contribution in [1.82, 2.24) is 9.97 Å². The molecule has 4 aromatic rings. The van der Waals surface area contributed by atoms with Crippen LogP contribution in [0.4, 0.5) is 0 Å². The number of aromatic amines is 1. The molecule has 0 amide bonds. The molecular weight excluding hydrogens is 460 g/mol. The normalized spacial score (nSPS) is 12.8. The smallest absolute Gasteiger partial charge is 0.337 e. The van der Waals surface area contributed by atoms with E-state index >= 15 is 0 Å². The Bertz CT molecular complexity index is 1410. The number of esters is 1. The molecule has 0 aliphatic rings. The van der Waals surface area contributed by atoms with Crippen molar-refractivity contribution in [1.29, 1.82) is 0 Å². The topological polar surface area (TPSA) is 89.1 Å². The van der Waals surface area contributed by atoms with Gasteiger partial charge in [-0.05, 0) is 53.4 Å². The molecule has 2 heterocycles. The van der Waals surface area contributed by atoms with Crippen LogP contribution < -0.4 is 0 Å². The number of nitrogens with zero attached hydrogens (tertiary/aromatic N) is 1. The zero-order chi connectivity index (χ0) is 23.8. The number of rotatable bonds is 6. The summed E-state index contributed by atoms with van der Waals surface area (Å²) in [5.41, 5.74) is 2.89. The Balaban J connectivity index is 1.87. The van der Waals surface area contributed by atoms with Crippen molar-refractivity contribution >= 4 is 38.4 Å². The van der Waals surface area contributed by atoms with Crippen molar-refractivity contribution in [3.63, 3.8) is 0 Å². The highest BCUT2D eigenvalue weighted by atomic mass is 35.5. The number of carbonyl (C=O) groups excluding carboxylic acids is 1. The van der Waals surface area contributed by atoms with Gasteiger partial charge in [0.1, 0.15) is 10.9 Å². The second-order valence-electron chi connectivity index (χ2n) is 8.08.